The highest BCUT2D eigenvalue weighted by atomic mass is 19.2. The molecule has 1 fully saturated rings. The van der Waals surface area contributed by atoms with Crippen molar-refractivity contribution in [1.29, 1.82) is 0 Å². The first-order chi connectivity index (χ1) is 26.2. The van der Waals surface area contributed by atoms with Crippen LogP contribution in [0.1, 0.15) is 95.2 Å². The Bertz CT molecular complexity index is 1800. The highest BCUT2D eigenvalue weighted by Gasteiger charge is 2.35. The first kappa shape index (κ1) is 42.6. The van der Waals surface area contributed by atoms with Crippen LogP contribution < -0.4 is 14.8 Å². The molecule has 1 heterocycles. The molecule has 3 aromatic rings. The minimum Gasteiger partial charge on any atom is -0.467 e. The molecule has 0 radical (unpaired) electrons. The fraction of sp³-hybridized carbons (Fsp3) is 0.450. The van der Waals surface area contributed by atoms with Crippen LogP contribution in [0.25, 0.3) is 0 Å². The number of nitrogens with zero attached hydrogens (tertiary/aromatic N) is 1. The van der Waals surface area contributed by atoms with Gasteiger partial charge in [0.2, 0.25) is 0 Å². The number of benzene rings is 3. The number of esters is 1. The topological polar surface area (TPSA) is 148 Å². The summed E-state index contributed by atoms with van der Waals surface area (Å²) in [5.74, 6) is -4.29. The van der Waals surface area contributed by atoms with E-state index >= 15 is 0 Å². The minimum absolute atomic E-state index is 0.0423. The Balaban J connectivity index is 1.58. The van der Waals surface area contributed by atoms with Gasteiger partial charge in [-0.1, -0.05) is 26.0 Å². The zero-order valence-corrected chi connectivity index (χ0v) is 32.1. The van der Waals surface area contributed by atoms with Crippen LogP contribution in [0.15, 0.2) is 48.5 Å². The van der Waals surface area contributed by atoms with Crippen LogP contribution in [0.2, 0.25) is 0 Å². The van der Waals surface area contributed by atoms with Gasteiger partial charge in [0.25, 0.3) is 5.91 Å². The third kappa shape index (κ3) is 11.4. The van der Waals surface area contributed by atoms with Crippen LogP contribution in [0.3, 0.4) is 0 Å². The van der Waals surface area contributed by atoms with E-state index in [4.69, 9.17) is 33.3 Å². The van der Waals surface area contributed by atoms with Gasteiger partial charge in [0.15, 0.2) is 31.0 Å². The average Bonchev–Trinajstić information content (AvgIpc) is 3.33. The number of halogens is 2. The van der Waals surface area contributed by atoms with E-state index in [1.165, 1.54) is 43.5 Å². The van der Waals surface area contributed by atoms with Crippen LogP contribution >= 0.6 is 0 Å². The molecule has 55 heavy (non-hydrogen) atoms. The van der Waals surface area contributed by atoms with E-state index in [1.807, 2.05) is 13.8 Å². The number of amides is 1. The Kier molecular flexibility index (Phi) is 15.1. The summed E-state index contributed by atoms with van der Waals surface area (Å²) in [6.07, 6.45) is 0.0580. The molecule has 1 amide bonds. The van der Waals surface area contributed by atoms with Crippen LogP contribution in [0.5, 0.6) is 11.5 Å². The lowest BCUT2D eigenvalue weighted by molar-refractivity contribution is -0.144. The quantitative estimate of drug-likeness (QED) is 0.101. The van der Waals surface area contributed by atoms with Crippen molar-refractivity contribution < 1.29 is 61.2 Å². The number of carbonyl (C=O) groups is 4. The number of carbonyl (C=O) groups excluding carboxylic acids is 4. The fourth-order valence-electron chi connectivity index (χ4n) is 5.90. The van der Waals surface area contributed by atoms with Crippen LogP contribution in [0.4, 0.5) is 13.6 Å². The van der Waals surface area contributed by atoms with E-state index in [2.05, 4.69) is 5.32 Å². The standard InChI is InChI=1S/C40H48F2N2O11/c1-8-24-19-28(20-25(9-2)36(24)52-23-50-7)37(46)43-30-21-44(55-39(48)54-40(3,4)5)18-10-11-31(30)53-38(47)27-14-12-26(13-15-27)35(45)33-32(51-22-49-6)17-16-29(41)34(33)42/h12-17,19-20,30-31H,8-11,18,21-23H2,1-7H3,(H,43,46)/t30-,31-/m1/s1. The number of hydroxylamine groups is 2. The molecule has 0 aliphatic carbocycles. The van der Waals surface area contributed by atoms with Crippen molar-refractivity contribution in [1.82, 2.24) is 10.4 Å². The number of aryl methyl sites for hydroxylation is 2. The zero-order valence-electron chi connectivity index (χ0n) is 32.1. The average molecular weight is 771 g/mol. The van der Waals surface area contributed by atoms with Gasteiger partial charge in [-0.25, -0.2) is 18.4 Å². The summed E-state index contributed by atoms with van der Waals surface area (Å²) < 4.78 is 61.2. The Hall–Kier alpha value is -5.12. The predicted molar refractivity (Wildman–Crippen MR) is 195 cm³/mol. The number of methoxy groups -OCH3 is 2. The summed E-state index contributed by atoms with van der Waals surface area (Å²) >= 11 is 0. The van der Waals surface area contributed by atoms with Crippen molar-refractivity contribution >= 4 is 23.8 Å². The summed E-state index contributed by atoms with van der Waals surface area (Å²) in [5.41, 5.74) is 0.537. The predicted octanol–water partition coefficient (Wildman–Crippen LogP) is 6.57. The molecule has 298 valence electrons. The molecule has 13 nitrogen and oxygen atoms in total. The van der Waals surface area contributed by atoms with Crippen molar-refractivity contribution in [2.75, 3.05) is 40.9 Å². The van der Waals surface area contributed by atoms with E-state index in [0.717, 1.165) is 23.3 Å². The molecule has 0 spiro atoms. The number of hydrogen-bond acceptors (Lipinski definition) is 12. The van der Waals surface area contributed by atoms with Crippen LogP contribution in [0, 0.1) is 11.6 Å². The summed E-state index contributed by atoms with van der Waals surface area (Å²) in [6, 6.07) is 9.76. The number of ether oxygens (including phenoxy) is 6. The van der Waals surface area contributed by atoms with E-state index in [0.29, 0.717) is 30.6 Å². The van der Waals surface area contributed by atoms with Crippen molar-refractivity contribution in [3.05, 3.63) is 93.5 Å². The molecule has 15 heteroatoms. The Morgan fingerprint density at radius 1 is 0.855 bits per heavy atom. The second-order valence-electron chi connectivity index (χ2n) is 13.7. The van der Waals surface area contributed by atoms with E-state index in [1.54, 1.807) is 32.9 Å². The van der Waals surface area contributed by atoms with Gasteiger partial charge in [0.1, 0.15) is 28.8 Å². The van der Waals surface area contributed by atoms with Gasteiger partial charge in [0.05, 0.1) is 18.2 Å². The molecule has 0 saturated carbocycles. The highest BCUT2D eigenvalue weighted by molar-refractivity contribution is 6.11. The highest BCUT2D eigenvalue weighted by Crippen LogP contribution is 2.29. The van der Waals surface area contributed by atoms with Crippen LogP contribution in [-0.4, -0.2) is 87.5 Å². The van der Waals surface area contributed by atoms with Gasteiger partial charge in [-0.15, -0.1) is 5.06 Å². The second kappa shape index (κ2) is 19.5. The maximum atomic E-state index is 14.8. The largest absolute Gasteiger partial charge is 0.528 e. The SMILES string of the molecule is CCc1cc(C(=O)N[C@@H]2CN(OC(=O)OC(C)(C)C)CCC[C@H]2OC(=O)c2ccc(C(=O)c3c(OCOC)ccc(F)c3F)cc2)cc(CC)c1OCOC. The summed E-state index contributed by atoms with van der Waals surface area (Å²) in [5, 5.41) is 4.34. The molecule has 2 atom stereocenters. The number of ketones is 1. The van der Waals surface area contributed by atoms with E-state index < -0.39 is 58.8 Å². The zero-order chi connectivity index (χ0) is 40.3. The molecule has 3 aromatic carbocycles. The minimum atomic E-state index is -1.39. The van der Waals surface area contributed by atoms with Crippen molar-refractivity contribution in [3.8, 4) is 11.5 Å². The fourth-order valence-corrected chi connectivity index (χ4v) is 5.90. The molecule has 1 aliphatic heterocycles. The first-order valence-electron chi connectivity index (χ1n) is 17.9. The maximum absolute atomic E-state index is 14.8. The van der Waals surface area contributed by atoms with Crippen molar-refractivity contribution in [2.45, 2.75) is 78.0 Å². The molecule has 0 aromatic heterocycles. The van der Waals surface area contributed by atoms with Gasteiger partial charge in [-0.05, 0) is 94.0 Å². The van der Waals surface area contributed by atoms with Crippen molar-refractivity contribution in [2.24, 2.45) is 0 Å². The number of hydrogen-bond donors (Lipinski definition) is 1. The number of rotatable bonds is 15. The Labute approximate surface area is 319 Å². The Morgan fingerprint density at radius 3 is 2.07 bits per heavy atom. The third-order valence-corrected chi connectivity index (χ3v) is 8.50. The second-order valence-corrected chi connectivity index (χ2v) is 13.7. The number of nitrogens with one attached hydrogen (secondary N) is 1. The molecule has 1 saturated heterocycles. The lowest BCUT2D eigenvalue weighted by Gasteiger charge is -2.29. The van der Waals surface area contributed by atoms with E-state index in [-0.39, 0.29) is 50.0 Å². The van der Waals surface area contributed by atoms with Gasteiger partial charge < -0.3 is 38.6 Å². The van der Waals surface area contributed by atoms with Gasteiger partial charge in [-0.2, -0.15) is 0 Å². The molecule has 1 N–H and O–H groups in total. The van der Waals surface area contributed by atoms with Crippen LogP contribution in [-0.2, 0) is 36.6 Å². The molecular formula is C40H48F2N2O11. The first-order valence-corrected chi connectivity index (χ1v) is 17.9. The van der Waals surface area contributed by atoms with E-state index in [9.17, 15) is 28.0 Å². The molecule has 1 aliphatic rings. The maximum Gasteiger partial charge on any atom is 0.528 e. The normalized spacial score (nSPS) is 16.1. The lowest BCUT2D eigenvalue weighted by Crippen LogP contribution is -2.50. The lowest BCUT2D eigenvalue weighted by atomic mass is 9.99. The third-order valence-electron chi connectivity index (χ3n) is 8.50. The summed E-state index contributed by atoms with van der Waals surface area (Å²) in [6.45, 7) is 8.95. The smallest absolute Gasteiger partial charge is 0.467 e. The Morgan fingerprint density at radius 2 is 1.47 bits per heavy atom. The molecule has 0 unspecified atom stereocenters. The summed E-state index contributed by atoms with van der Waals surface area (Å²) in [4.78, 5) is 58.8. The van der Waals surface area contributed by atoms with Crippen molar-refractivity contribution in [3.63, 3.8) is 0 Å². The molecule has 0 bridgehead atoms. The molecular weight excluding hydrogens is 722 g/mol. The van der Waals surface area contributed by atoms with Gasteiger partial charge in [0, 0.05) is 31.9 Å². The van der Waals surface area contributed by atoms with Gasteiger partial charge in [-0.3, -0.25) is 9.59 Å². The monoisotopic (exact) mass is 770 g/mol. The van der Waals surface area contributed by atoms with Gasteiger partial charge >= 0.3 is 12.1 Å². The molecule has 4 rings (SSSR count). The summed E-state index contributed by atoms with van der Waals surface area (Å²) in [7, 11) is 2.86.